The third-order valence-electron chi connectivity index (χ3n) is 12.2. The summed E-state index contributed by atoms with van der Waals surface area (Å²) in [5, 5.41) is 0. The van der Waals surface area contributed by atoms with E-state index in [1.807, 2.05) is 21.1 Å². The standard InChI is InChI=1S/C66H110NO8P/c1-6-8-10-12-14-16-18-20-22-24-26-28-30-32-33-35-37-39-41-43-45-47-49-51-53-55-57-59-66(69)75-64(63-74-76(70,71)73-61-60-67(3,4)5)62-72-65(68)58-56-54-52-50-48-46-44-42-40-38-36-34-31-29-27-25-23-21-19-17-15-13-11-9-7-2/h8-11,14-17,20-23,26-29,32-33,37,39,43,45,64H,6-7,12-13,18-19,24-25,30-31,34-36,38,40-42,44,46-63H2,1-5H3/b10-8-,11-9-,16-14-,17-15-,22-20-,23-21-,28-26-,29-27-,33-32-,39-37-,45-43-. The summed E-state index contributed by atoms with van der Waals surface area (Å²) in [6.45, 7) is 3.98. The van der Waals surface area contributed by atoms with E-state index in [2.05, 4.69) is 148 Å². The number of phosphoric ester groups is 1. The summed E-state index contributed by atoms with van der Waals surface area (Å²) in [4.78, 5) is 37.9. The fourth-order valence-corrected chi connectivity index (χ4v) is 8.36. The van der Waals surface area contributed by atoms with Crippen LogP contribution in [0.2, 0.25) is 0 Å². The highest BCUT2D eigenvalue weighted by atomic mass is 31.2. The molecule has 0 N–H and O–H groups in total. The van der Waals surface area contributed by atoms with Crippen molar-refractivity contribution in [1.29, 1.82) is 0 Å². The molecule has 0 saturated heterocycles. The Morgan fingerprint density at radius 1 is 0.408 bits per heavy atom. The van der Waals surface area contributed by atoms with E-state index in [0.717, 1.165) is 128 Å². The molecule has 10 heteroatoms. The van der Waals surface area contributed by atoms with Crippen LogP contribution in [0.5, 0.6) is 0 Å². The topological polar surface area (TPSA) is 111 Å². The summed E-state index contributed by atoms with van der Waals surface area (Å²) < 4.78 is 34.2. The highest BCUT2D eigenvalue weighted by Crippen LogP contribution is 2.38. The zero-order valence-corrected chi connectivity index (χ0v) is 49.8. The van der Waals surface area contributed by atoms with Crippen molar-refractivity contribution in [3.05, 3.63) is 134 Å². The van der Waals surface area contributed by atoms with Crippen molar-refractivity contribution in [2.24, 2.45) is 0 Å². The fourth-order valence-electron chi connectivity index (χ4n) is 7.63. The Bertz CT molecular complexity index is 1740. The Hall–Kier alpha value is -3.85. The number of unbranched alkanes of at least 4 members (excludes halogenated alkanes) is 17. The molecule has 0 radical (unpaired) electrons. The Morgan fingerprint density at radius 3 is 1.05 bits per heavy atom. The van der Waals surface area contributed by atoms with E-state index < -0.39 is 32.5 Å². The number of quaternary nitrogens is 1. The Balaban J connectivity index is 4.24. The lowest BCUT2D eigenvalue weighted by Gasteiger charge is -2.28. The second-order valence-corrected chi connectivity index (χ2v) is 22.0. The van der Waals surface area contributed by atoms with Crippen LogP contribution in [-0.2, 0) is 32.7 Å². The van der Waals surface area contributed by atoms with E-state index in [9.17, 15) is 19.0 Å². The van der Waals surface area contributed by atoms with Crippen molar-refractivity contribution in [3.63, 3.8) is 0 Å². The summed E-state index contributed by atoms with van der Waals surface area (Å²) in [6, 6.07) is 0. The van der Waals surface area contributed by atoms with E-state index >= 15 is 0 Å². The summed E-state index contributed by atoms with van der Waals surface area (Å²) in [5.74, 6) is -0.866. The number of nitrogens with zero attached hydrogens (tertiary/aromatic N) is 1. The molecule has 0 rings (SSSR count). The van der Waals surface area contributed by atoms with Gasteiger partial charge in [0.15, 0.2) is 6.10 Å². The van der Waals surface area contributed by atoms with E-state index in [1.54, 1.807) is 0 Å². The number of likely N-dealkylation sites (N-methyl/N-ethyl adjacent to an activating group) is 1. The quantitative estimate of drug-likeness (QED) is 0.0195. The molecule has 432 valence electrons. The molecule has 2 atom stereocenters. The SMILES string of the molecule is CC/C=C\C/C=C\C/C=C\C/C=C\C/C=C\C/C=C\C/C=C\CCCCCCCC(=O)OC(COC(=O)CCCCCCCCCCCCCC/C=C\C/C=C\C/C=C\C/C=C\CC)COP(=O)([O-])OCC[N+](C)(C)C. The molecule has 0 aromatic rings. The second kappa shape index (κ2) is 55.9. The van der Waals surface area contributed by atoms with Crippen LogP contribution in [0.1, 0.15) is 219 Å². The zero-order chi connectivity index (χ0) is 55.6. The maximum Gasteiger partial charge on any atom is 0.306 e. The van der Waals surface area contributed by atoms with Crippen molar-refractivity contribution in [3.8, 4) is 0 Å². The fraction of sp³-hybridized carbons (Fsp3) is 0.636. The van der Waals surface area contributed by atoms with E-state index in [4.69, 9.17) is 18.5 Å². The van der Waals surface area contributed by atoms with Gasteiger partial charge in [0.2, 0.25) is 0 Å². The zero-order valence-electron chi connectivity index (χ0n) is 48.9. The van der Waals surface area contributed by atoms with Crippen LogP contribution in [0.4, 0.5) is 0 Å². The predicted octanol–water partition coefficient (Wildman–Crippen LogP) is 18.3. The number of allylic oxidation sites excluding steroid dienone is 22. The van der Waals surface area contributed by atoms with Gasteiger partial charge in [-0.25, -0.2) is 0 Å². The van der Waals surface area contributed by atoms with Crippen LogP contribution in [0.3, 0.4) is 0 Å². The van der Waals surface area contributed by atoms with Crippen LogP contribution in [-0.4, -0.2) is 70.0 Å². The molecule has 9 nitrogen and oxygen atoms in total. The van der Waals surface area contributed by atoms with Gasteiger partial charge in [-0.05, 0) is 109 Å². The van der Waals surface area contributed by atoms with Crippen LogP contribution in [0, 0.1) is 0 Å². The maximum atomic E-state index is 12.8. The number of carbonyl (C=O) groups is 2. The molecule has 2 unspecified atom stereocenters. The van der Waals surface area contributed by atoms with Gasteiger partial charge in [-0.2, -0.15) is 0 Å². The largest absolute Gasteiger partial charge is 0.756 e. The number of esters is 2. The van der Waals surface area contributed by atoms with Crippen molar-refractivity contribution in [2.45, 2.75) is 225 Å². The second-order valence-electron chi connectivity index (χ2n) is 20.6. The first-order valence-corrected chi connectivity index (χ1v) is 31.4. The van der Waals surface area contributed by atoms with Crippen molar-refractivity contribution in [1.82, 2.24) is 0 Å². The molecule has 0 aromatic heterocycles. The van der Waals surface area contributed by atoms with Crippen molar-refractivity contribution < 1.29 is 42.1 Å². The highest BCUT2D eigenvalue weighted by molar-refractivity contribution is 7.45. The molecule has 0 amide bonds. The lowest BCUT2D eigenvalue weighted by atomic mass is 10.0. The number of ether oxygens (including phenoxy) is 2. The van der Waals surface area contributed by atoms with Crippen LogP contribution in [0.25, 0.3) is 0 Å². The Labute approximate surface area is 466 Å². The molecule has 0 aliphatic carbocycles. The number of hydrogen-bond donors (Lipinski definition) is 0. The highest BCUT2D eigenvalue weighted by Gasteiger charge is 2.21. The van der Waals surface area contributed by atoms with Gasteiger partial charge in [-0.15, -0.1) is 0 Å². The van der Waals surface area contributed by atoms with E-state index in [-0.39, 0.29) is 26.1 Å². The minimum atomic E-state index is -4.65. The van der Waals surface area contributed by atoms with Crippen molar-refractivity contribution in [2.75, 3.05) is 47.5 Å². The Morgan fingerprint density at radius 2 is 0.711 bits per heavy atom. The molecular weight excluding hydrogens is 966 g/mol. The smallest absolute Gasteiger partial charge is 0.306 e. The molecule has 0 spiro atoms. The van der Waals surface area contributed by atoms with Gasteiger partial charge >= 0.3 is 11.9 Å². The minimum Gasteiger partial charge on any atom is -0.756 e. The van der Waals surface area contributed by atoms with Gasteiger partial charge in [0, 0.05) is 12.8 Å². The third-order valence-corrected chi connectivity index (χ3v) is 13.1. The number of hydrogen-bond acceptors (Lipinski definition) is 8. The van der Waals surface area contributed by atoms with Crippen LogP contribution < -0.4 is 4.89 Å². The average Bonchev–Trinajstić information content (AvgIpc) is 3.38. The number of phosphoric acid groups is 1. The molecule has 0 saturated carbocycles. The molecule has 0 bridgehead atoms. The molecule has 0 aliphatic heterocycles. The molecule has 0 aromatic carbocycles. The summed E-state index contributed by atoms with van der Waals surface area (Å²) in [7, 11) is 1.13. The summed E-state index contributed by atoms with van der Waals surface area (Å²) >= 11 is 0. The van der Waals surface area contributed by atoms with Gasteiger partial charge in [-0.1, -0.05) is 231 Å². The van der Waals surface area contributed by atoms with E-state index in [1.165, 1.54) is 57.8 Å². The predicted molar refractivity (Wildman–Crippen MR) is 323 cm³/mol. The molecule has 0 aliphatic rings. The molecule has 0 fully saturated rings. The maximum absolute atomic E-state index is 12.8. The molecule has 0 heterocycles. The van der Waals surface area contributed by atoms with Crippen molar-refractivity contribution >= 4 is 19.8 Å². The van der Waals surface area contributed by atoms with Crippen LogP contribution >= 0.6 is 7.82 Å². The molecule has 76 heavy (non-hydrogen) atoms. The lowest BCUT2D eigenvalue weighted by Crippen LogP contribution is -2.37. The third kappa shape index (κ3) is 59.4. The van der Waals surface area contributed by atoms with Gasteiger partial charge in [-0.3, -0.25) is 14.2 Å². The summed E-state index contributed by atoms with van der Waals surface area (Å²) in [6.07, 6.45) is 80.6. The first-order valence-electron chi connectivity index (χ1n) is 29.9. The van der Waals surface area contributed by atoms with E-state index in [0.29, 0.717) is 17.4 Å². The summed E-state index contributed by atoms with van der Waals surface area (Å²) in [5.41, 5.74) is 0. The normalized spacial score (nSPS) is 14.2. The minimum absolute atomic E-state index is 0.0427. The first-order chi connectivity index (χ1) is 37.0. The monoisotopic (exact) mass is 1080 g/mol. The van der Waals surface area contributed by atoms with Gasteiger partial charge in [0.05, 0.1) is 27.7 Å². The number of carbonyl (C=O) groups excluding carboxylic acids is 2. The lowest BCUT2D eigenvalue weighted by molar-refractivity contribution is -0.870. The van der Waals surface area contributed by atoms with Gasteiger partial charge < -0.3 is 27.9 Å². The Kier molecular flexibility index (Phi) is 53.1. The van der Waals surface area contributed by atoms with Gasteiger partial charge in [0.25, 0.3) is 7.82 Å². The average molecular weight is 1080 g/mol. The number of rotatable bonds is 53. The van der Waals surface area contributed by atoms with Crippen LogP contribution in [0.15, 0.2) is 134 Å². The molecular formula is C66H110NO8P. The first kappa shape index (κ1) is 72.2. The van der Waals surface area contributed by atoms with Gasteiger partial charge in [0.1, 0.15) is 19.8 Å².